The summed E-state index contributed by atoms with van der Waals surface area (Å²) in [5.41, 5.74) is 0.489. The zero-order valence-electron chi connectivity index (χ0n) is 12.3. The molecule has 0 unspecified atom stereocenters. The minimum atomic E-state index is -0.312. The van der Waals surface area contributed by atoms with Gasteiger partial charge in [0.2, 0.25) is 11.8 Å². The number of halogens is 1. The van der Waals surface area contributed by atoms with Gasteiger partial charge in [-0.2, -0.15) is 11.8 Å². The predicted octanol–water partition coefficient (Wildman–Crippen LogP) is 2.82. The number of thioether (sulfide) groups is 2. The molecule has 1 heterocycles. The maximum atomic E-state index is 13.6. The highest BCUT2D eigenvalue weighted by molar-refractivity contribution is 7.99. The first-order valence-corrected chi connectivity index (χ1v) is 8.89. The summed E-state index contributed by atoms with van der Waals surface area (Å²) in [6.07, 6.45) is 1.94. The topological polar surface area (TPSA) is 59.2 Å². The Balaban J connectivity index is 1.84. The number of hydrogen-bond acceptors (Lipinski definition) is 6. The molecular formula is C14H16FN3O2S2. The third-order valence-electron chi connectivity index (χ3n) is 2.83. The molecule has 0 saturated heterocycles. The summed E-state index contributed by atoms with van der Waals surface area (Å²) < 4.78 is 18.9. The molecule has 0 radical (unpaired) electrons. The van der Waals surface area contributed by atoms with Crippen LogP contribution in [0.3, 0.4) is 0 Å². The van der Waals surface area contributed by atoms with Gasteiger partial charge in [-0.05, 0) is 12.3 Å². The molecule has 1 aromatic heterocycles. The Morgan fingerprint density at radius 2 is 2.14 bits per heavy atom. The van der Waals surface area contributed by atoms with E-state index in [9.17, 15) is 9.18 Å². The average molecular weight is 341 g/mol. The van der Waals surface area contributed by atoms with Crippen molar-refractivity contribution in [2.45, 2.75) is 17.5 Å². The summed E-state index contributed by atoms with van der Waals surface area (Å²) >= 11 is 2.77. The molecule has 1 aromatic carbocycles. The van der Waals surface area contributed by atoms with E-state index in [0.717, 1.165) is 0 Å². The number of carbonyl (C=O) groups excluding carboxylic acids is 1. The van der Waals surface area contributed by atoms with Crippen LogP contribution in [0.4, 0.5) is 4.39 Å². The van der Waals surface area contributed by atoms with Crippen LogP contribution in [0.2, 0.25) is 0 Å². The summed E-state index contributed by atoms with van der Waals surface area (Å²) in [4.78, 5) is 13.5. The lowest BCUT2D eigenvalue weighted by molar-refractivity contribution is -0.127. The number of rotatable bonds is 7. The monoisotopic (exact) mass is 341 g/mol. The van der Waals surface area contributed by atoms with E-state index in [0.29, 0.717) is 22.4 Å². The normalized spacial score (nSPS) is 10.7. The lowest BCUT2D eigenvalue weighted by Crippen LogP contribution is -2.28. The Bertz CT molecular complexity index is 636. The highest BCUT2D eigenvalue weighted by Crippen LogP contribution is 2.19. The Kier molecular flexibility index (Phi) is 6.26. The van der Waals surface area contributed by atoms with Crippen molar-refractivity contribution in [2.24, 2.45) is 0 Å². The van der Waals surface area contributed by atoms with Crippen LogP contribution >= 0.6 is 23.5 Å². The molecule has 1 amide bonds. The van der Waals surface area contributed by atoms with Crippen molar-refractivity contribution >= 4 is 29.4 Å². The van der Waals surface area contributed by atoms with E-state index in [2.05, 4.69) is 10.2 Å². The average Bonchev–Trinajstić information content (AvgIpc) is 2.95. The minimum absolute atomic E-state index is 0.127. The molecular weight excluding hydrogens is 325 g/mol. The van der Waals surface area contributed by atoms with Crippen LogP contribution in [0.15, 0.2) is 33.9 Å². The molecule has 118 valence electrons. The lowest BCUT2D eigenvalue weighted by atomic mass is 10.2. The fourth-order valence-electron chi connectivity index (χ4n) is 1.68. The molecule has 8 heteroatoms. The second-order valence-corrected chi connectivity index (χ2v) is 6.32. The molecule has 0 aliphatic carbocycles. The number of amides is 1. The Morgan fingerprint density at radius 1 is 1.36 bits per heavy atom. The summed E-state index contributed by atoms with van der Waals surface area (Å²) in [5, 5.41) is 8.11. The minimum Gasteiger partial charge on any atom is -0.415 e. The van der Waals surface area contributed by atoms with Gasteiger partial charge in [-0.25, -0.2) is 4.39 Å². The van der Waals surface area contributed by atoms with Gasteiger partial charge in [0.05, 0.1) is 11.5 Å². The zero-order valence-corrected chi connectivity index (χ0v) is 13.9. The highest BCUT2D eigenvalue weighted by Gasteiger charge is 2.14. The van der Waals surface area contributed by atoms with E-state index < -0.39 is 0 Å². The first kappa shape index (κ1) is 16.8. The van der Waals surface area contributed by atoms with E-state index in [1.807, 2.05) is 6.26 Å². The number of aromatic nitrogens is 2. The van der Waals surface area contributed by atoms with Gasteiger partial charge in [0, 0.05) is 19.2 Å². The molecule has 2 aromatic rings. The van der Waals surface area contributed by atoms with Gasteiger partial charge in [-0.1, -0.05) is 30.0 Å². The van der Waals surface area contributed by atoms with E-state index in [-0.39, 0.29) is 24.0 Å². The van der Waals surface area contributed by atoms with E-state index in [1.165, 1.54) is 22.7 Å². The van der Waals surface area contributed by atoms with Crippen LogP contribution in [0.25, 0.3) is 0 Å². The fraction of sp³-hybridized carbons (Fsp3) is 0.357. The third kappa shape index (κ3) is 4.74. The van der Waals surface area contributed by atoms with Crippen molar-refractivity contribution in [1.29, 1.82) is 0 Å². The zero-order chi connectivity index (χ0) is 15.9. The molecule has 0 saturated carbocycles. The van der Waals surface area contributed by atoms with Crippen molar-refractivity contribution in [3.8, 4) is 0 Å². The first-order valence-electron chi connectivity index (χ1n) is 6.51. The maximum absolute atomic E-state index is 13.6. The van der Waals surface area contributed by atoms with Crippen LogP contribution in [-0.2, 0) is 17.1 Å². The van der Waals surface area contributed by atoms with Crippen molar-refractivity contribution in [2.75, 3.05) is 19.1 Å². The van der Waals surface area contributed by atoms with Crippen LogP contribution in [-0.4, -0.2) is 40.1 Å². The SMILES string of the molecule is CSCc1nnc(SCC(=O)N(C)Cc2ccccc2F)o1. The molecule has 0 aliphatic heterocycles. The van der Waals surface area contributed by atoms with Crippen LogP contribution in [0.5, 0.6) is 0 Å². The van der Waals surface area contributed by atoms with Gasteiger partial charge in [0.15, 0.2) is 0 Å². The third-order valence-corrected chi connectivity index (χ3v) is 4.17. The van der Waals surface area contributed by atoms with Crippen LogP contribution in [0.1, 0.15) is 11.5 Å². The van der Waals surface area contributed by atoms with E-state index in [4.69, 9.17) is 4.42 Å². The molecule has 5 nitrogen and oxygen atoms in total. The van der Waals surface area contributed by atoms with E-state index >= 15 is 0 Å². The lowest BCUT2D eigenvalue weighted by Gasteiger charge is -2.16. The number of benzene rings is 1. The first-order chi connectivity index (χ1) is 10.6. The number of nitrogens with zero attached hydrogens (tertiary/aromatic N) is 3. The smallest absolute Gasteiger partial charge is 0.277 e. The largest absolute Gasteiger partial charge is 0.415 e. The van der Waals surface area contributed by atoms with Gasteiger partial charge in [0.25, 0.3) is 5.22 Å². The van der Waals surface area contributed by atoms with Gasteiger partial charge < -0.3 is 9.32 Å². The summed E-state index contributed by atoms with van der Waals surface area (Å²) in [6, 6.07) is 6.42. The molecule has 2 rings (SSSR count). The molecule has 0 bridgehead atoms. The molecule has 0 N–H and O–H groups in total. The molecule has 22 heavy (non-hydrogen) atoms. The van der Waals surface area contributed by atoms with Crippen molar-refractivity contribution in [1.82, 2.24) is 15.1 Å². The number of hydrogen-bond donors (Lipinski definition) is 0. The van der Waals surface area contributed by atoms with Gasteiger partial charge in [-0.15, -0.1) is 10.2 Å². The van der Waals surface area contributed by atoms with Gasteiger partial charge in [-0.3, -0.25) is 4.79 Å². The van der Waals surface area contributed by atoms with Crippen LogP contribution in [0, 0.1) is 5.82 Å². The molecule has 0 atom stereocenters. The molecule has 0 fully saturated rings. The maximum Gasteiger partial charge on any atom is 0.277 e. The van der Waals surface area contributed by atoms with Gasteiger partial charge >= 0.3 is 0 Å². The summed E-state index contributed by atoms with van der Waals surface area (Å²) in [6.45, 7) is 0.230. The van der Waals surface area contributed by atoms with Crippen LogP contribution < -0.4 is 0 Å². The summed E-state index contributed by atoms with van der Waals surface area (Å²) in [5.74, 6) is 0.925. The number of carbonyl (C=O) groups is 1. The van der Waals surface area contributed by atoms with E-state index in [1.54, 1.807) is 37.0 Å². The Morgan fingerprint density at radius 3 is 2.86 bits per heavy atom. The highest BCUT2D eigenvalue weighted by atomic mass is 32.2. The molecule has 0 spiro atoms. The second-order valence-electron chi connectivity index (χ2n) is 4.52. The van der Waals surface area contributed by atoms with Gasteiger partial charge in [0.1, 0.15) is 5.82 Å². The standard InChI is InChI=1S/C14H16FN3O2S2/c1-18(7-10-5-3-4-6-11(10)15)13(19)9-22-14-17-16-12(20-14)8-21-2/h3-6H,7-9H2,1-2H3. The second kappa shape index (κ2) is 8.19. The fourth-order valence-corrected chi connectivity index (χ4v) is 2.77. The quantitative estimate of drug-likeness (QED) is 0.722. The van der Waals surface area contributed by atoms with Crippen molar-refractivity contribution in [3.63, 3.8) is 0 Å². The molecule has 0 aliphatic rings. The predicted molar refractivity (Wildman–Crippen MR) is 85.1 cm³/mol. The van der Waals surface area contributed by atoms with Crippen molar-refractivity contribution < 1.29 is 13.6 Å². The van der Waals surface area contributed by atoms with Crippen molar-refractivity contribution in [3.05, 3.63) is 41.5 Å². The Hall–Kier alpha value is -1.54. The Labute approximate surface area is 136 Å². The summed E-state index contributed by atoms with van der Waals surface area (Å²) in [7, 11) is 1.64.